The molecule has 3 unspecified atom stereocenters. The van der Waals surface area contributed by atoms with Crippen molar-refractivity contribution in [1.82, 2.24) is 15.6 Å². The number of rotatable bonds is 5. The predicted octanol–water partition coefficient (Wildman–Crippen LogP) is 2.78. The Labute approximate surface area is 155 Å². The minimum absolute atomic E-state index is 0.326. The average molecular weight is 358 g/mol. The van der Waals surface area contributed by atoms with Gasteiger partial charge in [0, 0.05) is 25.9 Å². The summed E-state index contributed by atoms with van der Waals surface area (Å²) in [5.74, 6) is 1.57. The van der Waals surface area contributed by atoms with Gasteiger partial charge in [0.2, 0.25) is 5.88 Å². The maximum atomic E-state index is 6.07. The van der Waals surface area contributed by atoms with E-state index in [2.05, 4.69) is 20.6 Å². The summed E-state index contributed by atoms with van der Waals surface area (Å²) in [7, 11) is 1.81. The van der Waals surface area contributed by atoms with Crippen LogP contribution in [0, 0.1) is 0 Å². The van der Waals surface area contributed by atoms with Crippen LogP contribution in [0.4, 0.5) is 0 Å². The smallest absolute Gasteiger partial charge is 0.213 e. The molecule has 6 heteroatoms. The van der Waals surface area contributed by atoms with Gasteiger partial charge in [-0.3, -0.25) is 4.99 Å². The van der Waals surface area contributed by atoms with Gasteiger partial charge in [-0.1, -0.05) is 6.42 Å². The molecule has 4 rings (SSSR count). The van der Waals surface area contributed by atoms with Gasteiger partial charge in [0.25, 0.3) is 0 Å². The second-order valence-electron chi connectivity index (χ2n) is 7.67. The highest BCUT2D eigenvalue weighted by Crippen LogP contribution is 2.34. The zero-order valence-corrected chi connectivity index (χ0v) is 15.6. The largest absolute Gasteiger partial charge is 0.474 e. The number of nitrogens with one attached hydrogen (secondary N) is 2. The van der Waals surface area contributed by atoms with Crippen LogP contribution in [-0.4, -0.2) is 42.3 Å². The summed E-state index contributed by atoms with van der Waals surface area (Å²) >= 11 is 0. The van der Waals surface area contributed by atoms with Gasteiger partial charge in [0.15, 0.2) is 5.96 Å². The molecule has 3 fully saturated rings. The van der Waals surface area contributed by atoms with E-state index in [1.807, 2.05) is 25.4 Å². The molecule has 6 nitrogen and oxygen atoms in total. The van der Waals surface area contributed by atoms with E-state index in [1.54, 1.807) is 0 Å². The number of ether oxygens (including phenoxy) is 2. The van der Waals surface area contributed by atoms with E-state index < -0.39 is 0 Å². The molecular weight excluding hydrogens is 328 g/mol. The molecule has 1 aliphatic carbocycles. The van der Waals surface area contributed by atoms with Crippen LogP contribution >= 0.6 is 0 Å². The molecule has 2 aliphatic heterocycles. The Hall–Kier alpha value is -1.82. The second-order valence-corrected chi connectivity index (χ2v) is 7.67. The second kappa shape index (κ2) is 8.25. The van der Waals surface area contributed by atoms with E-state index in [0.717, 1.165) is 43.1 Å². The van der Waals surface area contributed by atoms with E-state index in [-0.39, 0.29) is 0 Å². The molecule has 0 spiro atoms. The Morgan fingerprint density at radius 2 is 2.15 bits per heavy atom. The Morgan fingerprint density at radius 1 is 1.27 bits per heavy atom. The average Bonchev–Trinajstić information content (AvgIpc) is 3.29. The quantitative estimate of drug-likeness (QED) is 0.626. The first-order valence-corrected chi connectivity index (χ1v) is 10.0. The van der Waals surface area contributed by atoms with Crippen molar-refractivity contribution in [2.45, 2.75) is 82.3 Å². The number of pyridine rings is 1. The molecule has 3 heterocycles. The molecule has 3 aliphatic rings. The van der Waals surface area contributed by atoms with Crippen LogP contribution in [0.5, 0.6) is 5.88 Å². The lowest BCUT2D eigenvalue weighted by Crippen LogP contribution is -2.47. The summed E-state index contributed by atoms with van der Waals surface area (Å²) in [5, 5.41) is 6.92. The van der Waals surface area contributed by atoms with E-state index in [9.17, 15) is 0 Å². The van der Waals surface area contributed by atoms with E-state index >= 15 is 0 Å². The van der Waals surface area contributed by atoms with Crippen molar-refractivity contribution < 1.29 is 9.47 Å². The lowest BCUT2D eigenvalue weighted by Gasteiger charge is -2.23. The minimum atomic E-state index is 0.326. The summed E-state index contributed by atoms with van der Waals surface area (Å²) in [6.07, 6.45) is 12.5. The first-order chi connectivity index (χ1) is 12.8. The third-order valence-corrected chi connectivity index (χ3v) is 5.75. The lowest BCUT2D eigenvalue weighted by atomic mass is 9.96. The van der Waals surface area contributed by atoms with Crippen LogP contribution < -0.4 is 15.4 Å². The number of hydrogen-bond donors (Lipinski definition) is 2. The van der Waals surface area contributed by atoms with Crippen LogP contribution in [0.25, 0.3) is 0 Å². The maximum absolute atomic E-state index is 6.07. The minimum Gasteiger partial charge on any atom is -0.474 e. The van der Waals surface area contributed by atoms with Crippen molar-refractivity contribution in [3.05, 3.63) is 23.9 Å². The van der Waals surface area contributed by atoms with Gasteiger partial charge >= 0.3 is 0 Å². The molecule has 1 aromatic rings. The maximum Gasteiger partial charge on any atom is 0.213 e. The van der Waals surface area contributed by atoms with Gasteiger partial charge in [0.1, 0.15) is 6.10 Å². The van der Waals surface area contributed by atoms with Crippen molar-refractivity contribution in [2.24, 2.45) is 4.99 Å². The summed E-state index contributed by atoms with van der Waals surface area (Å²) in [5.41, 5.74) is 1.15. The number of nitrogens with zero attached hydrogens (tertiary/aromatic N) is 2. The molecular formula is C20H30N4O2. The lowest BCUT2D eigenvalue weighted by molar-refractivity contribution is 0.0992. The Morgan fingerprint density at radius 3 is 2.88 bits per heavy atom. The predicted molar refractivity (Wildman–Crippen MR) is 101 cm³/mol. The van der Waals surface area contributed by atoms with Gasteiger partial charge in [-0.25, -0.2) is 4.98 Å². The van der Waals surface area contributed by atoms with Crippen LogP contribution in [0.3, 0.4) is 0 Å². The molecule has 0 aromatic carbocycles. The molecule has 0 radical (unpaired) electrons. The summed E-state index contributed by atoms with van der Waals surface area (Å²) in [4.78, 5) is 8.74. The van der Waals surface area contributed by atoms with Crippen LogP contribution in [-0.2, 0) is 11.3 Å². The van der Waals surface area contributed by atoms with E-state index in [0.29, 0.717) is 30.9 Å². The first-order valence-electron chi connectivity index (χ1n) is 10.0. The SMILES string of the molecule is CN=C(NCc1ccnc(OC2CCCCC2)c1)NC1CC2CCC1O2. The summed E-state index contributed by atoms with van der Waals surface area (Å²) < 4.78 is 12.0. The van der Waals surface area contributed by atoms with Gasteiger partial charge in [0.05, 0.1) is 18.2 Å². The van der Waals surface area contributed by atoms with Gasteiger partial charge in [-0.2, -0.15) is 0 Å². The summed E-state index contributed by atoms with van der Waals surface area (Å²) in [6.45, 7) is 0.699. The zero-order valence-electron chi connectivity index (χ0n) is 15.6. The van der Waals surface area contributed by atoms with Crippen LogP contribution in [0.2, 0.25) is 0 Å². The van der Waals surface area contributed by atoms with Gasteiger partial charge < -0.3 is 20.1 Å². The molecule has 2 bridgehead atoms. The highest BCUT2D eigenvalue weighted by molar-refractivity contribution is 5.80. The molecule has 1 aromatic heterocycles. The Kier molecular flexibility index (Phi) is 5.58. The number of fused-ring (bicyclic) bond motifs is 2. The fourth-order valence-electron chi connectivity index (χ4n) is 4.32. The summed E-state index contributed by atoms with van der Waals surface area (Å²) in [6, 6.07) is 4.44. The molecule has 3 atom stereocenters. The number of guanidine groups is 1. The molecule has 2 saturated heterocycles. The van der Waals surface area contributed by atoms with Crippen molar-refractivity contribution in [3.63, 3.8) is 0 Å². The molecule has 1 saturated carbocycles. The van der Waals surface area contributed by atoms with Crippen LogP contribution in [0.1, 0.15) is 56.9 Å². The third-order valence-electron chi connectivity index (χ3n) is 5.75. The first kappa shape index (κ1) is 17.6. The van der Waals surface area contributed by atoms with Crippen molar-refractivity contribution in [2.75, 3.05) is 7.05 Å². The molecule has 142 valence electrons. The van der Waals surface area contributed by atoms with Crippen molar-refractivity contribution >= 4 is 5.96 Å². The molecule has 2 N–H and O–H groups in total. The number of aromatic nitrogens is 1. The van der Waals surface area contributed by atoms with Gasteiger partial charge in [-0.15, -0.1) is 0 Å². The molecule has 0 amide bonds. The Balaban J connectivity index is 1.28. The van der Waals surface area contributed by atoms with E-state index in [4.69, 9.17) is 9.47 Å². The molecule has 26 heavy (non-hydrogen) atoms. The standard InChI is InChI=1S/C20H30N4O2/c1-21-20(24-17-12-16-7-8-18(17)25-16)23-13-14-9-10-22-19(11-14)26-15-5-3-2-4-6-15/h9-11,15-18H,2-8,12-13H2,1H3,(H2,21,23,24). The monoisotopic (exact) mass is 358 g/mol. The Bertz CT molecular complexity index is 630. The number of aliphatic imine (C=N–C) groups is 1. The van der Waals surface area contributed by atoms with Gasteiger partial charge in [-0.05, 0) is 56.6 Å². The zero-order chi connectivity index (χ0) is 17.8. The fraction of sp³-hybridized carbons (Fsp3) is 0.700. The topological polar surface area (TPSA) is 67.8 Å². The van der Waals surface area contributed by atoms with Crippen molar-refractivity contribution in [1.29, 1.82) is 0 Å². The van der Waals surface area contributed by atoms with E-state index in [1.165, 1.54) is 25.7 Å². The third kappa shape index (κ3) is 4.29. The van der Waals surface area contributed by atoms with Crippen molar-refractivity contribution in [3.8, 4) is 5.88 Å². The fourth-order valence-corrected chi connectivity index (χ4v) is 4.32. The normalized spacial score (nSPS) is 29.0. The highest BCUT2D eigenvalue weighted by Gasteiger charge is 2.41. The highest BCUT2D eigenvalue weighted by atomic mass is 16.5. The number of hydrogen-bond acceptors (Lipinski definition) is 4. The van der Waals surface area contributed by atoms with Crippen LogP contribution in [0.15, 0.2) is 23.3 Å².